The molecule has 4 atom stereocenters. The van der Waals surface area contributed by atoms with Gasteiger partial charge in [-0.3, -0.25) is 14.4 Å². The zero-order valence-corrected chi connectivity index (χ0v) is 34.8. The second-order valence-corrected chi connectivity index (χ2v) is 18.3. The molecule has 2 fully saturated rings. The summed E-state index contributed by atoms with van der Waals surface area (Å²) < 4.78 is 36.2. The van der Waals surface area contributed by atoms with Crippen molar-refractivity contribution in [3.8, 4) is 5.75 Å². The number of rotatable bonds is 24. The minimum absolute atomic E-state index is 0.0394. The van der Waals surface area contributed by atoms with Crippen LogP contribution in [0.3, 0.4) is 0 Å². The highest BCUT2D eigenvalue weighted by atomic mass is 35.5. The van der Waals surface area contributed by atoms with Crippen molar-refractivity contribution in [2.45, 2.75) is 147 Å². The van der Waals surface area contributed by atoms with Crippen molar-refractivity contribution in [3.63, 3.8) is 0 Å². The zero-order valence-electron chi connectivity index (χ0n) is 33.2. The molecule has 2 N–H and O–H groups in total. The topological polar surface area (TPSA) is 145 Å². The van der Waals surface area contributed by atoms with Crippen molar-refractivity contribution in [2.75, 3.05) is 23.5 Å². The van der Waals surface area contributed by atoms with Crippen LogP contribution in [0.25, 0.3) is 0 Å². The van der Waals surface area contributed by atoms with Crippen molar-refractivity contribution < 1.29 is 37.1 Å². The Morgan fingerprint density at radius 3 is 2.00 bits per heavy atom. The van der Waals surface area contributed by atoms with Gasteiger partial charge in [-0.15, -0.1) is 0 Å². The summed E-state index contributed by atoms with van der Waals surface area (Å²) >= 11 is 6.38. The molecular weight excluding hydrogens is 740 g/mol. The van der Waals surface area contributed by atoms with Crippen LogP contribution in [0.15, 0.2) is 41.3 Å². The lowest BCUT2D eigenvalue weighted by Crippen LogP contribution is -2.40. The number of fused-ring (bicyclic) bond motifs is 2. The maximum atomic E-state index is 13.6. The van der Waals surface area contributed by atoms with Gasteiger partial charge in [0.1, 0.15) is 5.75 Å². The molecule has 4 unspecified atom stereocenters. The van der Waals surface area contributed by atoms with E-state index in [4.69, 9.17) is 21.1 Å². The zero-order chi connectivity index (χ0) is 40.0. The van der Waals surface area contributed by atoms with Crippen molar-refractivity contribution in [1.82, 2.24) is 0 Å². The van der Waals surface area contributed by atoms with Gasteiger partial charge in [0.05, 0.1) is 33.5 Å². The fourth-order valence-electron chi connectivity index (χ4n) is 8.03. The smallest absolute Gasteiger partial charge is 0.338 e. The van der Waals surface area contributed by atoms with Gasteiger partial charge in [0.25, 0.3) is 5.91 Å². The molecule has 2 saturated carbocycles. The number of hydrogen-bond donors (Lipinski definition) is 2. The van der Waals surface area contributed by atoms with Gasteiger partial charge < -0.3 is 20.1 Å². The van der Waals surface area contributed by atoms with E-state index in [1.807, 2.05) is 6.92 Å². The van der Waals surface area contributed by atoms with E-state index in [-0.39, 0.29) is 51.0 Å². The summed E-state index contributed by atoms with van der Waals surface area (Å²) in [6, 6.07) is 8.23. The van der Waals surface area contributed by atoms with Gasteiger partial charge in [-0.25, -0.2) is 13.2 Å². The first-order valence-corrected chi connectivity index (χ1v) is 22.6. The Kier molecular flexibility index (Phi) is 17.1. The third-order valence-corrected chi connectivity index (χ3v) is 12.8. The third-order valence-electron chi connectivity index (χ3n) is 11.3. The fourth-order valence-corrected chi connectivity index (χ4v) is 8.84. The van der Waals surface area contributed by atoms with Crippen LogP contribution < -0.4 is 15.4 Å². The SMILES string of the molecule is CCCCCCCCCCCCCCCCOC(=O)c1ccc(Cl)c(NC(=O)C(Oc2ccc(S(C)(=O)=O)cc2NC(=O)C2(C)CC3CCC2C3)C(C)=O)c1. The summed E-state index contributed by atoms with van der Waals surface area (Å²) in [7, 11) is -3.66. The van der Waals surface area contributed by atoms with Crippen LogP contribution in [-0.4, -0.2) is 51.0 Å². The first-order valence-electron chi connectivity index (χ1n) is 20.3. The Morgan fingerprint density at radius 1 is 0.836 bits per heavy atom. The van der Waals surface area contributed by atoms with Crippen molar-refractivity contribution in [2.24, 2.45) is 17.3 Å². The number of carbonyl (C=O) groups is 4. The largest absolute Gasteiger partial charge is 0.471 e. The van der Waals surface area contributed by atoms with E-state index in [9.17, 15) is 27.6 Å². The number of unbranched alkanes of at least 4 members (excludes halogenated alkanes) is 13. The standard InChI is InChI=1S/C43H61ClN2O8S/c1-5-6-7-8-9-10-11-12-13-14-15-16-17-18-25-53-41(49)32-20-23-35(44)36(27-32)45-40(48)39(30(2)47)54-38-24-22-34(55(4,51)52)28-37(38)46-42(50)43(3)29-31-19-21-33(43)26-31/h20,22-24,27-28,31,33,39H,5-19,21,25-26,29H2,1-4H3,(H,45,48)(H,46,50). The average Bonchev–Trinajstić information content (AvgIpc) is 3.74. The van der Waals surface area contributed by atoms with Gasteiger partial charge in [-0.1, -0.05) is 115 Å². The predicted octanol–water partition coefficient (Wildman–Crippen LogP) is 10.1. The average molecular weight is 801 g/mol. The summed E-state index contributed by atoms with van der Waals surface area (Å²) in [5.74, 6) is -1.69. The first kappa shape index (κ1) is 44.3. The molecule has 2 aromatic carbocycles. The van der Waals surface area contributed by atoms with Crippen LogP contribution in [0, 0.1) is 17.3 Å². The van der Waals surface area contributed by atoms with Gasteiger partial charge in [-0.05, 0) is 80.8 Å². The number of ether oxygens (including phenoxy) is 2. The van der Waals surface area contributed by atoms with E-state index in [1.165, 1.54) is 114 Å². The Morgan fingerprint density at radius 2 is 1.45 bits per heavy atom. The fraction of sp³-hybridized carbons (Fsp3) is 0.628. The molecule has 55 heavy (non-hydrogen) atoms. The van der Waals surface area contributed by atoms with Crippen LogP contribution in [0.5, 0.6) is 5.75 Å². The minimum Gasteiger partial charge on any atom is -0.471 e. The molecule has 0 aliphatic heterocycles. The Hall–Kier alpha value is -3.44. The number of benzene rings is 2. The van der Waals surface area contributed by atoms with Crippen LogP contribution in [0.1, 0.15) is 147 Å². The number of nitrogens with one attached hydrogen (secondary N) is 2. The highest BCUT2D eigenvalue weighted by Crippen LogP contribution is 2.56. The molecule has 12 heteroatoms. The third kappa shape index (κ3) is 13.1. The van der Waals surface area contributed by atoms with E-state index in [0.717, 1.165) is 51.2 Å². The number of anilines is 2. The minimum atomic E-state index is -3.66. The molecule has 2 aliphatic rings. The molecule has 2 aliphatic carbocycles. The Bertz CT molecular complexity index is 1750. The van der Waals surface area contributed by atoms with Gasteiger partial charge in [-0.2, -0.15) is 0 Å². The number of sulfone groups is 1. The van der Waals surface area contributed by atoms with Gasteiger partial charge >= 0.3 is 5.97 Å². The number of esters is 1. The number of carbonyl (C=O) groups excluding carboxylic acids is 4. The summed E-state index contributed by atoms with van der Waals surface area (Å²) in [5.41, 5.74) is -0.329. The Labute approximate surface area is 333 Å². The van der Waals surface area contributed by atoms with Crippen molar-refractivity contribution in [1.29, 1.82) is 0 Å². The predicted molar refractivity (Wildman–Crippen MR) is 218 cm³/mol. The molecular formula is C43H61ClN2O8S. The monoisotopic (exact) mass is 800 g/mol. The maximum Gasteiger partial charge on any atom is 0.338 e. The maximum absolute atomic E-state index is 13.6. The van der Waals surface area contributed by atoms with Gasteiger partial charge in [0.2, 0.25) is 12.0 Å². The van der Waals surface area contributed by atoms with Crippen LogP contribution in [0.4, 0.5) is 11.4 Å². The lowest BCUT2D eigenvalue weighted by atomic mass is 9.74. The highest BCUT2D eigenvalue weighted by molar-refractivity contribution is 7.90. The van der Waals surface area contributed by atoms with E-state index in [0.29, 0.717) is 5.92 Å². The molecule has 2 aromatic rings. The number of hydrogen-bond acceptors (Lipinski definition) is 8. The van der Waals surface area contributed by atoms with Gasteiger partial charge in [0.15, 0.2) is 15.6 Å². The molecule has 0 heterocycles. The number of ketones is 1. The van der Waals surface area contributed by atoms with Crippen LogP contribution in [0.2, 0.25) is 5.02 Å². The number of halogens is 1. The second-order valence-electron chi connectivity index (χ2n) is 15.9. The first-order chi connectivity index (χ1) is 26.2. The molecule has 304 valence electrons. The van der Waals surface area contributed by atoms with Crippen molar-refractivity contribution >= 4 is 56.4 Å². The quantitative estimate of drug-likeness (QED) is 0.0606. The molecule has 4 rings (SSSR count). The molecule has 10 nitrogen and oxygen atoms in total. The molecule has 0 saturated heterocycles. The van der Waals surface area contributed by atoms with E-state index in [1.54, 1.807) is 0 Å². The van der Waals surface area contributed by atoms with E-state index >= 15 is 0 Å². The van der Waals surface area contributed by atoms with E-state index in [2.05, 4.69) is 17.6 Å². The molecule has 0 spiro atoms. The summed E-state index contributed by atoms with van der Waals surface area (Å²) in [5, 5.41) is 5.57. The molecule has 0 radical (unpaired) electrons. The van der Waals surface area contributed by atoms with Crippen LogP contribution in [-0.2, 0) is 29.0 Å². The van der Waals surface area contributed by atoms with E-state index < -0.39 is 39.0 Å². The molecule has 2 bridgehead atoms. The summed E-state index contributed by atoms with van der Waals surface area (Å²) in [6.45, 7) is 5.62. The normalized spacial score (nSPS) is 19.5. The lowest BCUT2D eigenvalue weighted by molar-refractivity contribution is -0.133. The second kappa shape index (κ2) is 21.2. The molecule has 0 aromatic heterocycles. The van der Waals surface area contributed by atoms with Gasteiger partial charge in [0, 0.05) is 11.7 Å². The highest BCUT2D eigenvalue weighted by Gasteiger charge is 2.52. The lowest BCUT2D eigenvalue weighted by Gasteiger charge is -2.32. The summed E-state index contributed by atoms with van der Waals surface area (Å²) in [4.78, 5) is 52.7. The van der Waals surface area contributed by atoms with Crippen LogP contribution >= 0.6 is 11.6 Å². The summed E-state index contributed by atoms with van der Waals surface area (Å²) in [6.07, 6.45) is 20.3. The Balaban J connectivity index is 1.29. The number of amides is 2. The number of Topliss-reactive ketones (excluding diaryl/α,β-unsaturated/α-hetero) is 1. The van der Waals surface area contributed by atoms with Crippen molar-refractivity contribution in [3.05, 3.63) is 47.0 Å². The molecule has 2 amide bonds.